The van der Waals surface area contributed by atoms with Crippen LogP contribution in [0.5, 0.6) is 0 Å². The first-order valence-electron chi connectivity index (χ1n) is 6.67. The van der Waals surface area contributed by atoms with Gasteiger partial charge >= 0.3 is 5.97 Å². The van der Waals surface area contributed by atoms with E-state index in [2.05, 4.69) is 0 Å². The third-order valence-corrected chi connectivity index (χ3v) is 3.84. The molecule has 4 nitrogen and oxygen atoms in total. The first-order chi connectivity index (χ1) is 9.09. The van der Waals surface area contributed by atoms with Crippen LogP contribution < -0.4 is 0 Å². The quantitative estimate of drug-likeness (QED) is 0.905. The number of carbonyl (C=O) groups is 2. The second kappa shape index (κ2) is 5.43. The molecule has 1 atom stereocenters. The number of carboxylic acids is 1. The molecule has 1 aliphatic rings. The lowest BCUT2D eigenvalue weighted by molar-refractivity contribution is -0.148. The SMILES string of the molecule is CCCC1(C(=O)O)CCN(C(=O)c2ccccc2)C1. The van der Waals surface area contributed by atoms with Crippen LogP contribution in [-0.2, 0) is 4.79 Å². The molecule has 0 bridgehead atoms. The van der Waals surface area contributed by atoms with Gasteiger partial charge in [0.1, 0.15) is 0 Å². The van der Waals surface area contributed by atoms with Crippen LogP contribution in [0.4, 0.5) is 0 Å². The smallest absolute Gasteiger partial charge is 0.311 e. The van der Waals surface area contributed by atoms with Crippen LogP contribution in [0.25, 0.3) is 0 Å². The van der Waals surface area contributed by atoms with Crippen molar-refractivity contribution < 1.29 is 14.7 Å². The number of likely N-dealkylation sites (tertiary alicyclic amines) is 1. The van der Waals surface area contributed by atoms with Gasteiger partial charge in [0, 0.05) is 18.7 Å². The maximum absolute atomic E-state index is 12.3. The Labute approximate surface area is 113 Å². The second-order valence-corrected chi connectivity index (χ2v) is 5.18. The van der Waals surface area contributed by atoms with Crippen LogP contribution in [0.1, 0.15) is 36.5 Å². The highest BCUT2D eigenvalue weighted by molar-refractivity contribution is 5.95. The minimum Gasteiger partial charge on any atom is -0.481 e. The van der Waals surface area contributed by atoms with E-state index in [-0.39, 0.29) is 5.91 Å². The van der Waals surface area contributed by atoms with Crippen LogP contribution in [0.2, 0.25) is 0 Å². The third-order valence-electron chi connectivity index (χ3n) is 3.84. The highest BCUT2D eigenvalue weighted by Crippen LogP contribution is 2.36. The van der Waals surface area contributed by atoms with E-state index in [0.717, 1.165) is 6.42 Å². The molecule has 0 radical (unpaired) electrons. The molecule has 1 fully saturated rings. The topological polar surface area (TPSA) is 57.6 Å². The summed E-state index contributed by atoms with van der Waals surface area (Å²) < 4.78 is 0. The van der Waals surface area contributed by atoms with E-state index in [1.165, 1.54) is 0 Å². The van der Waals surface area contributed by atoms with E-state index in [1.807, 2.05) is 25.1 Å². The summed E-state index contributed by atoms with van der Waals surface area (Å²) in [7, 11) is 0. The Bertz CT molecular complexity index is 472. The van der Waals surface area contributed by atoms with E-state index >= 15 is 0 Å². The summed E-state index contributed by atoms with van der Waals surface area (Å²) >= 11 is 0. The molecule has 102 valence electrons. The molecule has 1 unspecified atom stereocenters. The predicted molar refractivity (Wildman–Crippen MR) is 71.9 cm³/mol. The number of amides is 1. The van der Waals surface area contributed by atoms with E-state index in [1.54, 1.807) is 17.0 Å². The number of rotatable bonds is 4. The summed E-state index contributed by atoms with van der Waals surface area (Å²) in [6.07, 6.45) is 2.00. The fraction of sp³-hybridized carbons (Fsp3) is 0.467. The lowest BCUT2D eigenvalue weighted by atomic mass is 9.83. The largest absolute Gasteiger partial charge is 0.481 e. The predicted octanol–water partition coefficient (Wildman–Crippen LogP) is 2.40. The maximum atomic E-state index is 12.3. The minimum atomic E-state index is -0.780. The van der Waals surface area contributed by atoms with E-state index in [9.17, 15) is 14.7 Å². The van der Waals surface area contributed by atoms with Gasteiger partial charge in [0.05, 0.1) is 5.41 Å². The first kappa shape index (κ1) is 13.6. The minimum absolute atomic E-state index is 0.0696. The van der Waals surface area contributed by atoms with E-state index < -0.39 is 11.4 Å². The number of carboxylic acid groups (broad SMARTS) is 1. The summed E-state index contributed by atoms with van der Waals surface area (Å²) in [5.74, 6) is -0.850. The molecule has 1 aromatic carbocycles. The van der Waals surface area contributed by atoms with E-state index in [0.29, 0.717) is 31.5 Å². The summed E-state index contributed by atoms with van der Waals surface area (Å²) in [5, 5.41) is 9.43. The van der Waals surface area contributed by atoms with Crippen LogP contribution in [-0.4, -0.2) is 35.0 Å². The number of nitrogens with zero attached hydrogens (tertiary/aromatic N) is 1. The molecule has 4 heteroatoms. The summed E-state index contributed by atoms with van der Waals surface area (Å²) in [6, 6.07) is 9.03. The molecule has 0 aliphatic carbocycles. The van der Waals surface area contributed by atoms with E-state index in [4.69, 9.17) is 0 Å². The van der Waals surface area contributed by atoms with Crippen molar-refractivity contribution >= 4 is 11.9 Å². The van der Waals surface area contributed by atoms with Gasteiger partial charge in [0.15, 0.2) is 0 Å². The summed E-state index contributed by atoms with van der Waals surface area (Å²) in [5.41, 5.74) is -0.126. The highest BCUT2D eigenvalue weighted by atomic mass is 16.4. The summed E-state index contributed by atoms with van der Waals surface area (Å²) in [4.78, 5) is 25.4. The van der Waals surface area contributed by atoms with Crippen molar-refractivity contribution in [2.75, 3.05) is 13.1 Å². The number of carbonyl (C=O) groups excluding carboxylic acids is 1. The lowest BCUT2D eigenvalue weighted by Crippen LogP contribution is -2.36. The van der Waals surface area contributed by atoms with Gasteiger partial charge in [-0.25, -0.2) is 0 Å². The zero-order valence-corrected chi connectivity index (χ0v) is 11.1. The van der Waals surface area contributed by atoms with Gasteiger partial charge < -0.3 is 10.0 Å². The Kier molecular flexibility index (Phi) is 3.88. The average molecular weight is 261 g/mol. The Morgan fingerprint density at radius 1 is 1.32 bits per heavy atom. The molecule has 0 saturated carbocycles. The first-order valence-corrected chi connectivity index (χ1v) is 6.67. The molecule has 1 aliphatic heterocycles. The molecule has 19 heavy (non-hydrogen) atoms. The van der Waals surface area contributed by atoms with Crippen molar-refractivity contribution in [1.29, 1.82) is 0 Å². The second-order valence-electron chi connectivity index (χ2n) is 5.18. The summed E-state index contributed by atoms with van der Waals surface area (Å²) in [6.45, 7) is 2.83. The Morgan fingerprint density at radius 3 is 2.58 bits per heavy atom. The fourth-order valence-electron chi connectivity index (χ4n) is 2.77. The fourth-order valence-corrected chi connectivity index (χ4v) is 2.77. The molecule has 0 spiro atoms. The molecular weight excluding hydrogens is 242 g/mol. The van der Waals surface area contributed by atoms with Gasteiger partial charge in [0.2, 0.25) is 0 Å². The van der Waals surface area contributed by atoms with Gasteiger partial charge in [-0.1, -0.05) is 31.5 Å². The highest BCUT2D eigenvalue weighted by Gasteiger charge is 2.45. The maximum Gasteiger partial charge on any atom is 0.311 e. The molecule has 2 rings (SSSR count). The zero-order valence-electron chi connectivity index (χ0n) is 11.1. The van der Waals surface area contributed by atoms with Gasteiger partial charge in [-0.2, -0.15) is 0 Å². The van der Waals surface area contributed by atoms with Crippen molar-refractivity contribution in [2.45, 2.75) is 26.2 Å². The van der Waals surface area contributed by atoms with Crippen molar-refractivity contribution in [3.8, 4) is 0 Å². The Balaban J connectivity index is 2.13. The number of benzene rings is 1. The van der Waals surface area contributed by atoms with Crippen molar-refractivity contribution in [3.05, 3.63) is 35.9 Å². The zero-order chi connectivity index (χ0) is 13.9. The molecule has 1 N–H and O–H groups in total. The number of hydrogen-bond acceptors (Lipinski definition) is 2. The van der Waals surface area contributed by atoms with Gasteiger partial charge in [0.25, 0.3) is 5.91 Å². The average Bonchev–Trinajstić information content (AvgIpc) is 2.85. The molecule has 1 saturated heterocycles. The van der Waals surface area contributed by atoms with Gasteiger partial charge in [-0.3, -0.25) is 9.59 Å². The normalized spacial score (nSPS) is 22.5. The standard InChI is InChI=1S/C15H19NO3/c1-2-8-15(14(18)19)9-10-16(11-15)13(17)12-6-4-3-5-7-12/h3-7H,2,8-11H2,1H3,(H,18,19). The molecular formula is C15H19NO3. The van der Waals surface area contributed by atoms with Crippen molar-refractivity contribution in [3.63, 3.8) is 0 Å². The van der Waals surface area contributed by atoms with Crippen molar-refractivity contribution in [2.24, 2.45) is 5.41 Å². The third kappa shape index (κ3) is 2.62. The number of hydrogen-bond donors (Lipinski definition) is 1. The molecule has 1 amide bonds. The molecule has 0 aromatic heterocycles. The molecule has 1 heterocycles. The van der Waals surface area contributed by atoms with Crippen LogP contribution >= 0.6 is 0 Å². The lowest BCUT2D eigenvalue weighted by Gasteiger charge is -2.24. The van der Waals surface area contributed by atoms with Gasteiger partial charge in [-0.15, -0.1) is 0 Å². The Hall–Kier alpha value is -1.84. The molecule has 1 aromatic rings. The van der Waals surface area contributed by atoms with Crippen molar-refractivity contribution in [1.82, 2.24) is 4.90 Å². The van der Waals surface area contributed by atoms with Crippen LogP contribution in [0.3, 0.4) is 0 Å². The van der Waals surface area contributed by atoms with Gasteiger partial charge in [-0.05, 0) is 25.0 Å². The number of aliphatic carboxylic acids is 1. The van der Waals surface area contributed by atoms with Crippen LogP contribution in [0.15, 0.2) is 30.3 Å². The monoisotopic (exact) mass is 261 g/mol. The van der Waals surface area contributed by atoms with Crippen LogP contribution in [0, 0.1) is 5.41 Å². The Morgan fingerprint density at radius 2 is 2.00 bits per heavy atom.